The normalized spacial score (nSPS) is 11.5. The highest BCUT2D eigenvalue weighted by Crippen LogP contribution is 2.24. The quantitative estimate of drug-likeness (QED) is 0.274. The first kappa shape index (κ1) is 14.1. The summed E-state index contributed by atoms with van der Waals surface area (Å²) < 4.78 is 1.10. The van der Waals surface area contributed by atoms with Gasteiger partial charge < -0.3 is 0 Å². The molecule has 15 heavy (non-hydrogen) atoms. The molecular weight excluding hydrogens is 206 g/mol. The number of unbranched alkanes of at least 4 members (excludes halogenated alkanes) is 2. The van der Waals surface area contributed by atoms with E-state index in [0.717, 1.165) is 23.6 Å². The molecule has 0 saturated carbocycles. The summed E-state index contributed by atoms with van der Waals surface area (Å²) in [7, 11) is 0. The molecule has 1 atom stereocenters. The predicted molar refractivity (Wildman–Crippen MR) is 63.5 cm³/mol. The fourth-order valence-electron chi connectivity index (χ4n) is 1.41. The second-order valence-corrected chi connectivity index (χ2v) is 4.75. The molecule has 0 aliphatic rings. The molecule has 0 aromatic heterocycles. The van der Waals surface area contributed by atoms with Crippen LogP contribution in [0.1, 0.15) is 52.4 Å². The van der Waals surface area contributed by atoms with Crippen LogP contribution in [-0.4, -0.2) is 9.56 Å². The minimum absolute atomic E-state index is 0.417. The molecule has 0 aliphatic heterocycles. The van der Waals surface area contributed by atoms with E-state index in [1.54, 1.807) is 0 Å². The van der Waals surface area contributed by atoms with Gasteiger partial charge in [-0.1, -0.05) is 39.5 Å². The van der Waals surface area contributed by atoms with Crippen molar-refractivity contribution in [3.05, 3.63) is 0 Å². The van der Waals surface area contributed by atoms with Crippen molar-refractivity contribution in [2.75, 3.05) is 0 Å². The summed E-state index contributed by atoms with van der Waals surface area (Å²) >= 11 is 1.38. The van der Waals surface area contributed by atoms with Gasteiger partial charge in [0.05, 0.1) is 0 Å². The third kappa shape index (κ3) is 7.11. The number of nitrogens with zero attached hydrogens (tertiary/aromatic N) is 3. The Bertz CT molecular complexity index is 215. The van der Waals surface area contributed by atoms with Crippen LogP contribution in [0.3, 0.4) is 0 Å². The van der Waals surface area contributed by atoms with Gasteiger partial charge in [0.1, 0.15) is 0 Å². The molecule has 0 spiro atoms. The smallest absolute Gasteiger partial charge is 0.171 e. The molecule has 84 valence electrons. The van der Waals surface area contributed by atoms with Gasteiger partial charge in [0, 0.05) is 5.25 Å². The van der Waals surface area contributed by atoms with Gasteiger partial charge in [0.2, 0.25) is 12.4 Å². The van der Waals surface area contributed by atoms with Crippen molar-refractivity contribution >= 4 is 11.9 Å². The largest absolute Gasteiger partial charge is 0.205 e. The molecule has 3 nitrogen and oxygen atoms in total. The Labute approximate surface area is 97.2 Å². The maximum Gasteiger partial charge on any atom is 0.205 e. The molecule has 0 saturated heterocycles. The first-order valence-corrected chi connectivity index (χ1v) is 6.38. The molecule has 4 heteroatoms. The number of hydrogen-bond acceptors (Lipinski definition) is 4. The van der Waals surface area contributed by atoms with Crippen LogP contribution in [0.25, 0.3) is 0 Å². The van der Waals surface area contributed by atoms with Gasteiger partial charge in [-0.05, 0) is 24.8 Å². The van der Waals surface area contributed by atoms with E-state index in [-0.39, 0.29) is 0 Å². The topological polar surface area (TPSA) is 50.8 Å². The Hall–Kier alpha value is -0.870. The SMILES string of the molecule is CCCCCC(CCC)SN(C#N)C#N. The summed E-state index contributed by atoms with van der Waals surface area (Å²) in [5, 5.41) is 17.7. The molecule has 0 aromatic carbocycles. The molecule has 0 bridgehead atoms. The molecule has 0 amide bonds. The molecule has 0 aromatic rings. The second kappa shape index (κ2) is 9.68. The number of hydrogen-bond donors (Lipinski definition) is 0. The Kier molecular flexibility index (Phi) is 9.11. The minimum atomic E-state index is 0.417. The number of rotatable bonds is 8. The summed E-state index contributed by atoms with van der Waals surface area (Å²) in [5.74, 6) is 0. The van der Waals surface area contributed by atoms with E-state index in [4.69, 9.17) is 10.5 Å². The van der Waals surface area contributed by atoms with Crippen LogP contribution in [-0.2, 0) is 0 Å². The second-order valence-electron chi connectivity index (χ2n) is 3.51. The van der Waals surface area contributed by atoms with E-state index >= 15 is 0 Å². The van der Waals surface area contributed by atoms with E-state index in [0.29, 0.717) is 5.25 Å². The predicted octanol–water partition coefficient (Wildman–Crippen LogP) is 3.65. The molecule has 0 heterocycles. The van der Waals surface area contributed by atoms with Gasteiger partial charge in [-0.25, -0.2) is 0 Å². The van der Waals surface area contributed by atoms with Crippen LogP contribution in [0.2, 0.25) is 0 Å². The van der Waals surface area contributed by atoms with Crippen molar-refractivity contribution in [3.8, 4) is 12.4 Å². The summed E-state index contributed by atoms with van der Waals surface area (Å²) in [5.41, 5.74) is 0. The molecule has 0 radical (unpaired) electrons. The summed E-state index contributed by atoms with van der Waals surface area (Å²) in [6, 6.07) is 0. The van der Waals surface area contributed by atoms with E-state index in [2.05, 4.69) is 13.8 Å². The van der Waals surface area contributed by atoms with E-state index < -0.39 is 0 Å². The van der Waals surface area contributed by atoms with Crippen LogP contribution in [0, 0.1) is 22.9 Å². The zero-order valence-electron chi connectivity index (χ0n) is 9.57. The van der Waals surface area contributed by atoms with Gasteiger partial charge in [-0.15, -0.1) is 0 Å². The fraction of sp³-hybridized carbons (Fsp3) is 0.818. The van der Waals surface area contributed by atoms with Gasteiger partial charge in [-0.2, -0.15) is 14.8 Å². The van der Waals surface area contributed by atoms with E-state index in [1.807, 2.05) is 12.4 Å². The Balaban J connectivity index is 3.93. The van der Waals surface area contributed by atoms with Gasteiger partial charge in [-0.3, -0.25) is 0 Å². The third-order valence-corrected chi connectivity index (χ3v) is 3.32. The monoisotopic (exact) mass is 225 g/mol. The van der Waals surface area contributed by atoms with Crippen LogP contribution in [0.4, 0.5) is 0 Å². The van der Waals surface area contributed by atoms with Crippen molar-refractivity contribution in [1.82, 2.24) is 4.31 Å². The summed E-state index contributed by atoms with van der Waals surface area (Å²) in [6.45, 7) is 4.31. The van der Waals surface area contributed by atoms with Crippen LogP contribution < -0.4 is 0 Å². The maximum absolute atomic E-state index is 8.65. The zero-order chi connectivity index (χ0) is 11.5. The van der Waals surface area contributed by atoms with E-state index in [1.165, 1.54) is 31.2 Å². The highest BCUT2D eigenvalue weighted by molar-refractivity contribution is 7.97. The highest BCUT2D eigenvalue weighted by atomic mass is 32.2. The van der Waals surface area contributed by atoms with Gasteiger partial charge in [0.15, 0.2) is 0 Å². The first-order chi connectivity index (χ1) is 7.28. The summed E-state index contributed by atoms with van der Waals surface area (Å²) in [6.07, 6.45) is 10.7. The molecule has 0 aliphatic carbocycles. The van der Waals surface area contributed by atoms with Crippen LogP contribution in [0.5, 0.6) is 0 Å². The van der Waals surface area contributed by atoms with Crippen molar-refractivity contribution in [2.45, 2.75) is 57.6 Å². The average Bonchev–Trinajstić information content (AvgIpc) is 2.26. The molecule has 1 unspecified atom stereocenters. The lowest BCUT2D eigenvalue weighted by molar-refractivity contribution is 0.608. The van der Waals surface area contributed by atoms with Crippen molar-refractivity contribution in [2.24, 2.45) is 0 Å². The Morgan fingerprint density at radius 1 is 1.07 bits per heavy atom. The first-order valence-electron chi connectivity index (χ1n) is 5.54. The molecule has 0 fully saturated rings. The van der Waals surface area contributed by atoms with Crippen LogP contribution in [0.15, 0.2) is 0 Å². The van der Waals surface area contributed by atoms with Crippen molar-refractivity contribution in [1.29, 1.82) is 10.5 Å². The highest BCUT2D eigenvalue weighted by Gasteiger charge is 2.13. The maximum atomic E-state index is 8.65. The standard InChI is InChI=1S/C11H19N3S/c1-3-5-6-8-11(7-4-2)15-14(9-12)10-13/h11H,3-8H2,1-2H3. The average molecular weight is 225 g/mol. The van der Waals surface area contributed by atoms with Crippen molar-refractivity contribution in [3.63, 3.8) is 0 Å². The lowest BCUT2D eigenvalue weighted by atomic mass is 10.1. The molecular formula is C11H19N3S. The lowest BCUT2D eigenvalue weighted by Gasteiger charge is -2.16. The Morgan fingerprint density at radius 2 is 1.73 bits per heavy atom. The fourth-order valence-corrected chi connectivity index (χ4v) is 2.42. The third-order valence-electron chi connectivity index (χ3n) is 2.18. The van der Waals surface area contributed by atoms with Gasteiger partial charge in [0.25, 0.3) is 0 Å². The summed E-state index contributed by atoms with van der Waals surface area (Å²) in [4.78, 5) is 0. The van der Waals surface area contributed by atoms with Crippen molar-refractivity contribution < 1.29 is 0 Å². The van der Waals surface area contributed by atoms with Crippen LogP contribution >= 0.6 is 11.9 Å². The zero-order valence-corrected chi connectivity index (χ0v) is 10.4. The lowest BCUT2D eigenvalue weighted by Crippen LogP contribution is -2.10. The van der Waals surface area contributed by atoms with E-state index in [9.17, 15) is 0 Å². The molecule has 0 rings (SSSR count). The number of nitriles is 2. The molecule has 0 N–H and O–H groups in total. The Morgan fingerprint density at radius 3 is 2.20 bits per heavy atom. The van der Waals surface area contributed by atoms with Gasteiger partial charge >= 0.3 is 0 Å². The minimum Gasteiger partial charge on any atom is -0.171 e.